The zero-order valence-corrected chi connectivity index (χ0v) is 10.6. The molecule has 2 amide bonds. The van der Waals surface area contributed by atoms with Gasteiger partial charge in [0.05, 0.1) is 0 Å². The Morgan fingerprint density at radius 1 is 1.39 bits per heavy atom. The average Bonchev–Trinajstić information content (AvgIpc) is 2.27. The fraction of sp³-hybridized carbons (Fsp3) is 0.417. The number of carbonyl (C=O) groups excluding carboxylic acids is 2. The van der Waals surface area contributed by atoms with Crippen molar-refractivity contribution < 1.29 is 9.59 Å². The Bertz CT molecular complexity index is 457. The zero-order chi connectivity index (χ0) is 13.7. The molecule has 1 rings (SSSR count). The maximum Gasteiger partial charge on any atom is 0.251 e. The van der Waals surface area contributed by atoms with Crippen LogP contribution in [0, 0.1) is 0 Å². The van der Waals surface area contributed by atoms with Gasteiger partial charge in [-0.2, -0.15) is 0 Å². The summed E-state index contributed by atoms with van der Waals surface area (Å²) in [5, 5.41) is 2.60. The summed E-state index contributed by atoms with van der Waals surface area (Å²) in [5.41, 5.74) is 11.8. The third-order valence-electron chi connectivity index (χ3n) is 2.38. The second-order valence-corrected chi connectivity index (χ2v) is 4.33. The van der Waals surface area contributed by atoms with Crippen molar-refractivity contribution in [3.63, 3.8) is 0 Å². The highest BCUT2D eigenvalue weighted by Gasteiger charge is 2.10. The molecule has 6 nitrogen and oxygen atoms in total. The molecule has 0 bridgehead atoms. The summed E-state index contributed by atoms with van der Waals surface area (Å²) in [6, 6.07) is 3.20. The smallest absolute Gasteiger partial charge is 0.251 e. The topological polar surface area (TPSA) is 111 Å². The van der Waals surface area contributed by atoms with Crippen LogP contribution in [0.15, 0.2) is 12.1 Å². The van der Waals surface area contributed by atoms with Gasteiger partial charge in [-0.3, -0.25) is 9.59 Å². The molecule has 0 aliphatic heterocycles. The molecule has 1 aromatic heterocycles. The number of pyridine rings is 1. The van der Waals surface area contributed by atoms with Crippen LogP contribution in [-0.4, -0.2) is 23.3 Å². The highest BCUT2D eigenvalue weighted by molar-refractivity contribution is 5.95. The molecule has 0 saturated heterocycles. The standard InChI is InChI=1S/C12H18N4O2/c1-7(2)9-5-8(6-10(13)16-9)12(18)15-4-3-11(14)17/h5-7H,3-4H2,1-2H3,(H2,13,16)(H2,14,17)(H,15,18). The molecule has 0 aliphatic rings. The molecule has 1 heterocycles. The van der Waals surface area contributed by atoms with E-state index in [0.29, 0.717) is 11.4 Å². The molecule has 0 fully saturated rings. The molecule has 0 saturated carbocycles. The molecule has 0 atom stereocenters. The number of amides is 2. The Labute approximate surface area is 106 Å². The first kappa shape index (κ1) is 14.0. The number of primary amides is 1. The molecule has 0 unspecified atom stereocenters. The number of hydrogen-bond donors (Lipinski definition) is 3. The number of hydrogen-bond acceptors (Lipinski definition) is 4. The summed E-state index contributed by atoms with van der Waals surface area (Å²) in [6.45, 7) is 4.15. The Balaban J connectivity index is 2.76. The lowest BCUT2D eigenvalue weighted by atomic mass is 10.1. The van der Waals surface area contributed by atoms with Crippen molar-refractivity contribution in [3.8, 4) is 0 Å². The average molecular weight is 250 g/mol. The van der Waals surface area contributed by atoms with E-state index < -0.39 is 5.91 Å². The van der Waals surface area contributed by atoms with Gasteiger partial charge in [0, 0.05) is 24.2 Å². The Kier molecular flexibility index (Phi) is 4.65. The lowest BCUT2D eigenvalue weighted by molar-refractivity contribution is -0.117. The van der Waals surface area contributed by atoms with Gasteiger partial charge >= 0.3 is 0 Å². The molecule has 0 aliphatic carbocycles. The first-order valence-corrected chi connectivity index (χ1v) is 5.74. The van der Waals surface area contributed by atoms with Crippen LogP contribution in [0.1, 0.15) is 42.2 Å². The van der Waals surface area contributed by atoms with Crippen LogP contribution in [0.4, 0.5) is 5.82 Å². The molecule has 98 valence electrons. The van der Waals surface area contributed by atoms with Gasteiger partial charge in [-0.25, -0.2) is 4.98 Å². The minimum absolute atomic E-state index is 0.114. The van der Waals surface area contributed by atoms with Gasteiger partial charge in [-0.05, 0) is 18.1 Å². The SMILES string of the molecule is CC(C)c1cc(C(=O)NCCC(N)=O)cc(N)n1. The molecule has 5 N–H and O–H groups in total. The number of nitrogen functional groups attached to an aromatic ring is 1. The van der Waals surface area contributed by atoms with Crippen LogP contribution in [-0.2, 0) is 4.79 Å². The van der Waals surface area contributed by atoms with Gasteiger partial charge in [-0.15, -0.1) is 0 Å². The number of rotatable bonds is 5. The molecular weight excluding hydrogens is 232 g/mol. The van der Waals surface area contributed by atoms with E-state index in [2.05, 4.69) is 10.3 Å². The van der Waals surface area contributed by atoms with Crippen molar-refractivity contribution in [2.75, 3.05) is 12.3 Å². The van der Waals surface area contributed by atoms with E-state index in [0.717, 1.165) is 5.69 Å². The first-order valence-electron chi connectivity index (χ1n) is 5.74. The lowest BCUT2D eigenvalue weighted by Gasteiger charge is -2.09. The second kappa shape index (κ2) is 6.00. The predicted molar refractivity (Wildman–Crippen MR) is 68.9 cm³/mol. The van der Waals surface area contributed by atoms with E-state index in [9.17, 15) is 9.59 Å². The van der Waals surface area contributed by atoms with Crippen LogP contribution >= 0.6 is 0 Å². The van der Waals surface area contributed by atoms with Crippen LogP contribution in [0.5, 0.6) is 0 Å². The van der Waals surface area contributed by atoms with Gasteiger partial charge in [0.2, 0.25) is 5.91 Å². The first-order chi connectivity index (χ1) is 8.40. The van der Waals surface area contributed by atoms with Crippen molar-refractivity contribution in [2.24, 2.45) is 5.73 Å². The summed E-state index contributed by atoms with van der Waals surface area (Å²) >= 11 is 0. The highest BCUT2D eigenvalue weighted by atomic mass is 16.2. The van der Waals surface area contributed by atoms with Gasteiger partial charge in [0.1, 0.15) is 5.82 Å². The van der Waals surface area contributed by atoms with Gasteiger partial charge in [-0.1, -0.05) is 13.8 Å². The number of nitrogens with one attached hydrogen (secondary N) is 1. The van der Waals surface area contributed by atoms with Crippen molar-refractivity contribution in [1.82, 2.24) is 10.3 Å². The van der Waals surface area contributed by atoms with E-state index in [1.54, 1.807) is 6.07 Å². The van der Waals surface area contributed by atoms with Crippen LogP contribution in [0.3, 0.4) is 0 Å². The Morgan fingerprint density at radius 3 is 2.61 bits per heavy atom. The monoisotopic (exact) mass is 250 g/mol. The molecule has 0 aromatic carbocycles. The number of nitrogens with two attached hydrogens (primary N) is 2. The highest BCUT2D eigenvalue weighted by Crippen LogP contribution is 2.15. The largest absolute Gasteiger partial charge is 0.384 e. The zero-order valence-electron chi connectivity index (χ0n) is 10.6. The maximum absolute atomic E-state index is 11.8. The number of nitrogens with zero attached hydrogens (tertiary/aromatic N) is 1. The van der Waals surface area contributed by atoms with Crippen molar-refractivity contribution >= 4 is 17.6 Å². The number of carbonyl (C=O) groups is 2. The molecule has 0 radical (unpaired) electrons. The summed E-state index contributed by atoms with van der Waals surface area (Å²) in [6.07, 6.45) is 0.114. The molecule has 6 heteroatoms. The van der Waals surface area contributed by atoms with E-state index in [1.807, 2.05) is 13.8 Å². The van der Waals surface area contributed by atoms with Crippen LogP contribution < -0.4 is 16.8 Å². The Morgan fingerprint density at radius 2 is 2.06 bits per heavy atom. The minimum Gasteiger partial charge on any atom is -0.384 e. The Hall–Kier alpha value is -2.11. The predicted octanol–water partition coefficient (Wildman–Crippen LogP) is 0.392. The summed E-state index contributed by atoms with van der Waals surface area (Å²) < 4.78 is 0. The summed E-state index contributed by atoms with van der Waals surface area (Å²) in [7, 11) is 0. The van der Waals surface area contributed by atoms with Crippen molar-refractivity contribution in [1.29, 1.82) is 0 Å². The summed E-state index contributed by atoms with van der Waals surface area (Å²) in [5.74, 6) is -0.244. The molecule has 1 aromatic rings. The van der Waals surface area contributed by atoms with Crippen molar-refractivity contribution in [2.45, 2.75) is 26.2 Å². The fourth-order valence-corrected chi connectivity index (χ4v) is 1.40. The third kappa shape index (κ3) is 4.04. The van der Waals surface area contributed by atoms with Gasteiger partial charge < -0.3 is 16.8 Å². The second-order valence-electron chi connectivity index (χ2n) is 4.33. The van der Waals surface area contributed by atoms with Crippen LogP contribution in [0.25, 0.3) is 0 Å². The van der Waals surface area contributed by atoms with Gasteiger partial charge in [0.25, 0.3) is 5.91 Å². The fourth-order valence-electron chi connectivity index (χ4n) is 1.40. The summed E-state index contributed by atoms with van der Waals surface area (Å²) in [4.78, 5) is 26.5. The quantitative estimate of drug-likeness (QED) is 0.702. The number of aromatic nitrogens is 1. The maximum atomic E-state index is 11.8. The molecular formula is C12H18N4O2. The normalized spacial score (nSPS) is 10.4. The minimum atomic E-state index is -0.451. The molecule has 18 heavy (non-hydrogen) atoms. The number of anilines is 1. The molecule has 0 spiro atoms. The van der Waals surface area contributed by atoms with E-state index in [4.69, 9.17) is 11.5 Å². The lowest BCUT2D eigenvalue weighted by Crippen LogP contribution is -2.28. The van der Waals surface area contributed by atoms with E-state index >= 15 is 0 Å². The third-order valence-corrected chi connectivity index (χ3v) is 2.38. The van der Waals surface area contributed by atoms with Crippen molar-refractivity contribution in [3.05, 3.63) is 23.4 Å². The van der Waals surface area contributed by atoms with Gasteiger partial charge in [0.15, 0.2) is 0 Å². The van der Waals surface area contributed by atoms with E-state index in [1.165, 1.54) is 6.07 Å². The van der Waals surface area contributed by atoms with E-state index in [-0.39, 0.29) is 24.8 Å². The van der Waals surface area contributed by atoms with Crippen LogP contribution in [0.2, 0.25) is 0 Å².